The first-order valence-electron chi connectivity index (χ1n) is 3.89. The Hall–Kier alpha value is -0.180. The lowest BCUT2D eigenvalue weighted by molar-refractivity contribution is 1.03. The molecule has 0 atom stereocenters. The minimum Gasteiger partial charge on any atom is -0.326 e. The van der Waals surface area contributed by atoms with Crippen LogP contribution in [0.2, 0.25) is 5.02 Å². The fourth-order valence-corrected chi connectivity index (χ4v) is 2.08. The lowest BCUT2D eigenvalue weighted by atomic mass is 10.2. The van der Waals surface area contributed by atoms with E-state index in [0.717, 1.165) is 10.8 Å². The maximum Gasteiger partial charge on any atom is 0.0417 e. The molecule has 0 aromatic heterocycles. The van der Waals surface area contributed by atoms with Crippen molar-refractivity contribution >= 4 is 23.4 Å². The topological polar surface area (TPSA) is 26.0 Å². The predicted molar refractivity (Wildman–Crippen MR) is 55.7 cm³/mol. The molecule has 1 aromatic rings. The fraction of sp³-hybridized carbons (Fsp3) is 0.333. The van der Waals surface area contributed by atoms with Gasteiger partial charge in [0, 0.05) is 16.5 Å². The van der Waals surface area contributed by atoms with Crippen LogP contribution in [-0.2, 0) is 6.54 Å². The van der Waals surface area contributed by atoms with E-state index in [1.807, 2.05) is 18.2 Å². The number of thioether (sulfide) groups is 1. The number of hydrogen-bond donors (Lipinski definition) is 1. The first-order valence-corrected chi connectivity index (χ1v) is 5.25. The van der Waals surface area contributed by atoms with Crippen LogP contribution in [-0.4, -0.2) is 5.75 Å². The van der Waals surface area contributed by atoms with E-state index in [9.17, 15) is 0 Å². The van der Waals surface area contributed by atoms with E-state index in [1.165, 1.54) is 10.5 Å². The Kier molecular flexibility index (Phi) is 3.92. The molecule has 0 radical (unpaired) electrons. The minimum atomic E-state index is 0.583. The van der Waals surface area contributed by atoms with Gasteiger partial charge in [0.05, 0.1) is 0 Å². The van der Waals surface area contributed by atoms with Crippen molar-refractivity contribution in [3.63, 3.8) is 0 Å². The molecular weight excluding hydrogens is 190 g/mol. The van der Waals surface area contributed by atoms with Crippen LogP contribution < -0.4 is 5.73 Å². The van der Waals surface area contributed by atoms with Gasteiger partial charge in [-0.05, 0) is 23.4 Å². The van der Waals surface area contributed by atoms with E-state index in [1.54, 1.807) is 11.8 Å². The smallest absolute Gasteiger partial charge is 0.0417 e. The number of benzene rings is 1. The molecule has 0 aliphatic rings. The molecule has 1 nitrogen and oxygen atoms in total. The van der Waals surface area contributed by atoms with E-state index in [4.69, 9.17) is 17.3 Å². The van der Waals surface area contributed by atoms with E-state index < -0.39 is 0 Å². The maximum atomic E-state index is 5.86. The number of rotatable bonds is 3. The molecule has 0 spiro atoms. The summed E-state index contributed by atoms with van der Waals surface area (Å²) in [6, 6.07) is 5.84. The standard InChI is InChI=1S/C9H12ClNS/c1-2-12-9-5-8(10)4-3-7(9)6-11/h3-5H,2,6,11H2,1H3. The van der Waals surface area contributed by atoms with Gasteiger partial charge in [-0.3, -0.25) is 0 Å². The van der Waals surface area contributed by atoms with Crippen molar-refractivity contribution in [3.05, 3.63) is 28.8 Å². The van der Waals surface area contributed by atoms with Gasteiger partial charge in [-0.2, -0.15) is 0 Å². The van der Waals surface area contributed by atoms with Crippen molar-refractivity contribution in [3.8, 4) is 0 Å². The lowest BCUT2D eigenvalue weighted by Crippen LogP contribution is -1.98. The van der Waals surface area contributed by atoms with Crippen LogP contribution in [0.5, 0.6) is 0 Å². The molecule has 0 fully saturated rings. The Morgan fingerprint density at radius 1 is 1.50 bits per heavy atom. The van der Waals surface area contributed by atoms with Crippen molar-refractivity contribution in [2.75, 3.05) is 5.75 Å². The van der Waals surface area contributed by atoms with Crippen LogP contribution >= 0.6 is 23.4 Å². The van der Waals surface area contributed by atoms with Crippen LogP contribution in [0.3, 0.4) is 0 Å². The second kappa shape index (κ2) is 4.75. The van der Waals surface area contributed by atoms with Crippen LogP contribution in [0, 0.1) is 0 Å². The van der Waals surface area contributed by atoms with Gasteiger partial charge in [0.25, 0.3) is 0 Å². The summed E-state index contributed by atoms with van der Waals surface area (Å²) in [6.07, 6.45) is 0. The Balaban J connectivity index is 2.95. The molecule has 0 amide bonds. The molecule has 0 saturated carbocycles. The Bertz CT molecular complexity index is 263. The van der Waals surface area contributed by atoms with Crippen molar-refractivity contribution < 1.29 is 0 Å². The number of nitrogens with two attached hydrogens (primary N) is 1. The van der Waals surface area contributed by atoms with Gasteiger partial charge >= 0.3 is 0 Å². The number of hydrogen-bond acceptors (Lipinski definition) is 2. The SMILES string of the molecule is CCSc1cc(Cl)ccc1CN. The van der Waals surface area contributed by atoms with Crippen LogP contribution in [0.25, 0.3) is 0 Å². The van der Waals surface area contributed by atoms with E-state index in [2.05, 4.69) is 6.92 Å². The summed E-state index contributed by atoms with van der Waals surface area (Å²) in [5.74, 6) is 1.05. The molecule has 1 aromatic carbocycles. The largest absolute Gasteiger partial charge is 0.326 e. The van der Waals surface area contributed by atoms with Gasteiger partial charge < -0.3 is 5.73 Å². The van der Waals surface area contributed by atoms with E-state index >= 15 is 0 Å². The van der Waals surface area contributed by atoms with Crippen molar-refractivity contribution in [1.29, 1.82) is 0 Å². The number of halogens is 1. The summed E-state index contributed by atoms with van der Waals surface area (Å²) >= 11 is 7.63. The normalized spacial score (nSPS) is 10.2. The second-order valence-electron chi connectivity index (χ2n) is 2.39. The molecule has 1 rings (SSSR count). The quantitative estimate of drug-likeness (QED) is 0.762. The Morgan fingerprint density at radius 3 is 2.83 bits per heavy atom. The molecular formula is C9H12ClNS. The third-order valence-electron chi connectivity index (χ3n) is 1.55. The van der Waals surface area contributed by atoms with E-state index in [-0.39, 0.29) is 0 Å². The van der Waals surface area contributed by atoms with Gasteiger partial charge in [-0.1, -0.05) is 24.6 Å². The lowest BCUT2D eigenvalue weighted by Gasteiger charge is -2.05. The van der Waals surface area contributed by atoms with Crippen molar-refractivity contribution in [1.82, 2.24) is 0 Å². The predicted octanol–water partition coefficient (Wildman–Crippen LogP) is 2.91. The first-order chi connectivity index (χ1) is 5.77. The highest BCUT2D eigenvalue weighted by molar-refractivity contribution is 7.99. The molecule has 66 valence electrons. The fourth-order valence-electron chi connectivity index (χ4n) is 0.987. The molecule has 0 aliphatic carbocycles. The van der Waals surface area contributed by atoms with Crippen LogP contribution in [0.1, 0.15) is 12.5 Å². The van der Waals surface area contributed by atoms with Gasteiger partial charge in [0.2, 0.25) is 0 Å². The van der Waals surface area contributed by atoms with Gasteiger partial charge in [0.15, 0.2) is 0 Å². The molecule has 0 saturated heterocycles. The van der Waals surface area contributed by atoms with Crippen LogP contribution in [0.15, 0.2) is 23.1 Å². The summed E-state index contributed by atoms with van der Waals surface area (Å²) < 4.78 is 0. The molecule has 12 heavy (non-hydrogen) atoms. The van der Waals surface area contributed by atoms with Crippen LogP contribution in [0.4, 0.5) is 0 Å². The van der Waals surface area contributed by atoms with Crippen molar-refractivity contribution in [2.24, 2.45) is 5.73 Å². The molecule has 2 N–H and O–H groups in total. The zero-order valence-corrected chi connectivity index (χ0v) is 8.58. The summed E-state index contributed by atoms with van der Waals surface area (Å²) in [5, 5.41) is 0.781. The maximum absolute atomic E-state index is 5.86. The highest BCUT2D eigenvalue weighted by Crippen LogP contribution is 2.25. The third kappa shape index (κ3) is 2.41. The zero-order chi connectivity index (χ0) is 8.97. The van der Waals surface area contributed by atoms with Gasteiger partial charge in [0.1, 0.15) is 0 Å². The second-order valence-corrected chi connectivity index (χ2v) is 4.13. The van der Waals surface area contributed by atoms with Crippen molar-refractivity contribution in [2.45, 2.75) is 18.4 Å². The minimum absolute atomic E-state index is 0.583. The molecule has 0 heterocycles. The Morgan fingerprint density at radius 2 is 2.25 bits per heavy atom. The summed E-state index contributed by atoms with van der Waals surface area (Å²) in [5.41, 5.74) is 6.75. The Labute approximate surface area is 82.3 Å². The molecule has 0 bridgehead atoms. The monoisotopic (exact) mass is 201 g/mol. The molecule has 0 aliphatic heterocycles. The third-order valence-corrected chi connectivity index (χ3v) is 2.76. The average molecular weight is 202 g/mol. The zero-order valence-electron chi connectivity index (χ0n) is 7.01. The average Bonchev–Trinajstić information content (AvgIpc) is 2.05. The van der Waals surface area contributed by atoms with Gasteiger partial charge in [-0.25, -0.2) is 0 Å². The van der Waals surface area contributed by atoms with Gasteiger partial charge in [-0.15, -0.1) is 11.8 Å². The summed E-state index contributed by atoms with van der Waals surface area (Å²) in [7, 11) is 0. The highest BCUT2D eigenvalue weighted by atomic mass is 35.5. The summed E-state index contributed by atoms with van der Waals surface area (Å²) in [6.45, 7) is 2.70. The summed E-state index contributed by atoms with van der Waals surface area (Å²) in [4.78, 5) is 1.20. The molecule has 0 unspecified atom stereocenters. The highest BCUT2D eigenvalue weighted by Gasteiger charge is 2.00. The first kappa shape index (κ1) is 9.90. The van der Waals surface area contributed by atoms with E-state index in [0.29, 0.717) is 6.54 Å². The molecule has 3 heteroatoms.